The van der Waals surface area contributed by atoms with E-state index in [0.717, 1.165) is 19.4 Å². The van der Waals surface area contributed by atoms with Gasteiger partial charge >= 0.3 is 0 Å². The van der Waals surface area contributed by atoms with Crippen LogP contribution in [-0.4, -0.2) is 35.8 Å². The summed E-state index contributed by atoms with van der Waals surface area (Å²) in [5.74, 6) is 4.47. The van der Waals surface area contributed by atoms with E-state index in [1.807, 2.05) is 18.7 Å². The van der Waals surface area contributed by atoms with Gasteiger partial charge in [0.05, 0.1) is 6.54 Å². The van der Waals surface area contributed by atoms with Gasteiger partial charge in [-0.05, 0) is 33.2 Å². The van der Waals surface area contributed by atoms with Crippen molar-refractivity contribution in [3.8, 4) is 0 Å². The summed E-state index contributed by atoms with van der Waals surface area (Å²) < 4.78 is 0. The van der Waals surface area contributed by atoms with E-state index >= 15 is 0 Å². The third-order valence-corrected chi connectivity index (χ3v) is 2.35. The summed E-state index contributed by atoms with van der Waals surface area (Å²) in [5.41, 5.74) is 7.23. The molecular weight excluding hydrogens is 208 g/mol. The normalized spacial score (nSPS) is 10.8. The Bertz CT molecular complexity index is 231. The number of hydrogen-bond donors (Lipinski definition) is 3. The molecule has 0 atom stereocenters. The lowest BCUT2D eigenvalue weighted by atomic mass is 10.2. The number of nitrogens with zero attached hydrogens (tertiary/aromatic N) is 1. The van der Waals surface area contributed by atoms with E-state index in [-0.39, 0.29) is 24.4 Å². The third-order valence-electron chi connectivity index (χ3n) is 2.35. The quantitative estimate of drug-likeness (QED) is 0.223. The van der Waals surface area contributed by atoms with Crippen molar-refractivity contribution >= 4 is 11.8 Å². The van der Waals surface area contributed by atoms with Gasteiger partial charge in [-0.15, -0.1) is 0 Å². The third kappa shape index (κ3) is 7.19. The van der Waals surface area contributed by atoms with Crippen molar-refractivity contribution in [2.24, 2.45) is 11.6 Å². The molecule has 0 aliphatic carbocycles. The monoisotopic (exact) mass is 230 g/mol. The van der Waals surface area contributed by atoms with Gasteiger partial charge in [0.1, 0.15) is 0 Å². The standard InChI is InChI=1S/C10H22N4O2/c1-8(2)14(7-9(11)15)6-4-3-5-10(16)13-12/h8H,3-7,12H2,1-2H3,(H2,11,15)(H,13,16). The molecule has 16 heavy (non-hydrogen) atoms. The number of hydrazine groups is 1. The van der Waals surface area contributed by atoms with Gasteiger partial charge in [0, 0.05) is 12.5 Å². The van der Waals surface area contributed by atoms with Crippen LogP contribution >= 0.6 is 0 Å². The van der Waals surface area contributed by atoms with Crippen molar-refractivity contribution < 1.29 is 9.59 Å². The molecule has 0 aromatic rings. The molecule has 0 aromatic carbocycles. The molecule has 0 bridgehead atoms. The van der Waals surface area contributed by atoms with Crippen molar-refractivity contribution in [3.63, 3.8) is 0 Å². The predicted molar refractivity (Wildman–Crippen MR) is 62.1 cm³/mol. The number of carbonyl (C=O) groups is 2. The molecule has 0 saturated heterocycles. The molecule has 0 aliphatic rings. The summed E-state index contributed by atoms with van der Waals surface area (Å²) in [6, 6.07) is 0.274. The molecule has 0 spiro atoms. The second-order valence-electron chi connectivity index (χ2n) is 4.06. The Balaban J connectivity index is 3.76. The van der Waals surface area contributed by atoms with Gasteiger partial charge < -0.3 is 5.73 Å². The summed E-state index contributed by atoms with van der Waals surface area (Å²) in [7, 11) is 0. The molecule has 5 N–H and O–H groups in total. The van der Waals surface area contributed by atoms with Crippen LogP contribution in [0.5, 0.6) is 0 Å². The van der Waals surface area contributed by atoms with Crippen molar-refractivity contribution in [3.05, 3.63) is 0 Å². The molecule has 6 heteroatoms. The zero-order valence-corrected chi connectivity index (χ0v) is 10.0. The van der Waals surface area contributed by atoms with E-state index in [0.29, 0.717) is 6.42 Å². The highest BCUT2D eigenvalue weighted by Crippen LogP contribution is 2.02. The Labute approximate surface area is 96.3 Å². The largest absolute Gasteiger partial charge is 0.369 e. The highest BCUT2D eigenvalue weighted by atomic mass is 16.2. The highest BCUT2D eigenvalue weighted by Gasteiger charge is 2.11. The summed E-state index contributed by atoms with van der Waals surface area (Å²) in [6.45, 7) is 5.05. The van der Waals surface area contributed by atoms with E-state index in [1.165, 1.54) is 0 Å². The zero-order valence-electron chi connectivity index (χ0n) is 10.0. The van der Waals surface area contributed by atoms with Crippen molar-refractivity contribution in [1.29, 1.82) is 0 Å². The van der Waals surface area contributed by atoms with Crippen LogP contribution in [-0.2, 0) is 9.59 Å². The molecule has 2 amide bonds. The Morgan fingerprint density at radius 2 is 1.94 bits per heavy atom. The summed E-state index contributed by atoms with van der Waals surface area (Å²) in [6.07, 6.45) is 2.02. The minimum atomic E-state index is -0.326. The number of primary amides is 1. The van der Waals surface area contributed by atoms with Crippen molar-refractivity contribution in [2.75, 3.05) is 13.1 Å². The molecule has 0 fully saturated rings. The first kappa shape index (κ1) is 14.9. The number of rotatable bonds is 8. The molecule has 0 heterocycles. The summed E-state index contributed by atoms with van der Waals surface area (Å²) in [5, 5.41) is 0. The van der Waals surface area contributed by atoms with Gasteiger partial charge in [0.25, 0.3) is 0 Å². The van der Waals surface area contributed by atoms with Gasteiger partial charge in [0.2, 0.25) is 11.8 Å². The fraction of sp³-hybridized carbons (Fsp3) is 0.800. The van der Waals surface area contributed by atoms with Crippen LogP contribution in [0.4, 0.5) is 0 Å². The van der Waals surface area contributed by atoms with Crippen LogP contribution in [0.3, 0.4) is 0 Å². The fourth-order valence-electron chi connectivity index (χ4n) is 1.39. The lowest BCUT2D eigenvalue weighted by Crippen LogP contribution is -2.39. The fourth-order valence-corrected chi connectivity index (χ4v) is 1.39. The molecular formula is C10H22N4O2. The van der Waals surface area contributed by atoms with E-state index in [9.17, 15) is 9.59 Å². The Morgan fingerprint density at radius 3 is 2.38 bits per heavy atom. The number of carbonyl (C=O) groups excluding carboxylic acids is 2. The number of amides is 2. The topological polar surface area (TPSA) is 101 Å². The Morgan fingerprint density at radius 1 is 1.31 bits per heavy atom. The van der Waals surface area contributed by atoms with Crippen LogP contribution in [0.1, 0.15) is 33.1 Å². The maximum atomic E-state index is 10.8. The number of unbranched alkanes of at least 4 members (excludes halogenated alkanes) is 1. The summed E-state index contributed by atoms with van der Waals surface area (Å²) in [4.78, 5) is 23.6. The number of hydrogen-bond acceptors (Lipinski definition) is 4. The summed E-state index contributed by atoms with van der Waals surface area (Å²) >= 11 is 0. The number of nitrogens with one attached hydrogen (secondary N) is 1. The first-order valence-electron chi connectivity index (χ1n) is 5.49. The van der Waals surface area contributed by atoms with Gasteiger partial charge in [0.15, 0.2) is 0 Å². The zero-order chi connectivity index (χ0) is 12.6. The van der Waals surface area contributed by atoms with Gasteiger partial charge in [-0.2, -0.15) is 0 Å². The molecule has 0 unspecified atom stereocenters. The average molecular weight is 230 g/mol. The second kappa shape index (κ2) is 8.06. The van der Waals surface area contributed by atoms with Crippen molar-refractivity contribution in [1.82, 2.24) is 10.3 Å². The Kier molecular flexibility index (Phi) is 7.49. The lowest BCUT2D eigenvalue weighted by molar-refractivity contribution is -0.121. The van der Waals surface area contributed by atoms with Crippen LogP contribution in [0.2, 0.25) is 0 Å². The maximum absolute atomic E-state index is 10.8. The molecule has 0 saturated carbocycles. The van der Waals surface area contributed by atoms with Crippen LogP contribution in [0.25, 0.3) is 0 Å². The second-order valence-corrected chi connectivity index (χ2v) is 4.06. The van der Waals surface area contributed by atoms with Crippen LogP contribution in [0, 0.1) is 0 Å². The molecule has 94 valence electrons. The molecule has 6 nitrogen and oxygen atoms in total. The van der Waals surface area contributed by atoms with Crippen molar-refractivity contribution in [2.45, 2.75) is 39.2 Å². The van der Waals surface area contributed by atoms with E-state index in [2.05, 4.69) is 5.43 Å². The Hall–Kier alpha value is -1.14. The van der Waals surface area contributed by atoms with Crippen LogP contribution < -0.4 is 17.0 Å². The SMILES string of the molecule is CC(C)N(CCCCC(=O)NN)CC(N)=O. The minimum absolute atomic E-state index is 0.161. The molecule has 0 radical (unpaired) electrons. The average Bonchev–Trinajstić information content (AvgIpc) is 2.21. The highest BCUT2D eigenvalue weighted by molar-refractivity contribution is 5.76. The van der Waals surface area contributed by atoms with E-state index in [4.69, 9.17) is 11.6 Å². The van der Waals surface area contributed by atoms with Gasteiger partial charge in [-0.25, -0.2) is 5.84 Å². The molecule has 0 rings (SSSR count). The van der Waals surface area contributed by atoms with Gasteiger partial charge in [-0.3, -0.25) is 19.9 Å². The van der Waals surface area contributed by atoms with E-state index in [1.54, 1.807) is 0 Å². The minimum Gasteiger partial charge on any atom is -0.369 e. The maximum Gasteiger partial charge on any atom is 0.233 e. The predicted octanol–water partition coefficient (Wildman–Crippen LogP) is -0.658. The molecule has 0 aliphatic heterocycles. The number of nitrogens with two attached hydrogens (primary N) is 2. The van der Waals surface area contributed by atoms with Gasteiger partial charge in [-0.1, -0.05) is 0 Å². The van der Waals surface area contributed by atoms with Crippen LogP contribution in [0.15, 0.2) is 0 Å². The van der Waals surface area contributed by atoms with E-state index < -0.39 is 0 Å². The smallest absolute Gasteiger partial charge is 0.233 e. The molecule has 0 aromatic heterocycles. The lowest BCUT2D eigenvalue weighted by Gasteiger charge is -2.24. The first-order valence-corrected chi connectivity index (χ1v) is 5.49. The first-order chi connectivity index (χ1) is 7.47.